The molecule has 0 unspecified atom stereocenters. The van der Waals surface area contributed by atoms with Crippen molar-refractivity contribution in [2.24, 2.45) is 0 Å². The molecule has 0 aliphatic heterocycles. The van der Waals surface area contributed by atoms with Gasteiger partial charge in [-0.25, -0.2) is 9.97 Å². The van der Waals surface area contributed by atoms with Gasteiger partial charge in [0, 0.05) is 12.6 Å². The molecule has 1 aromatic carbocycles. The van der Waals surface area contributed by atoms with Crippen LogP contribution >= 0.6 is 23.4 Å². The summed E-state index contributed by atoms with van der Waals surface area (Å²) in [6, 6.07) is 10.1. The fraction of sp³-hybridized carbons (Fsp3) is 0.231. The molecule has 0 radical (unpaired) electrons. The maximum Gasteiger partial charge on any atom is 0.190 e. The van der Waals surface area contributed by atoms with Crippen LogP contribution in [0.5, 0.6) is 0 Å². The van der Waals surface area contributed by atoms with Gasteiger partial charge >= 0.3 is 0 Å². The lowest BCUT2D eigenvalue weighted by Crippen LogP contribution is -2.03. The average molecular weight is 280 g/mol. The van der Waals surface area contributed by atoms with Crippen LogP contribution in [0.4, 0.5) is 5.82 Å². The fourth-order valence-electron chi connectivity index (χ4n) is 1.59. The van der Waals surface area contributed by atoms with Crippen molar-refractivity contribution >= 4 is 29.2 Å². The van der Waals surface area contributed by atoms with Crippen molar-refractivity contribution in [3.63, 3.8) is 0 Å². The van der Waals surface area contributed by atoms with Gasteiger partial charge in [-0.3, -0.25) is 0 Å². The second kappa shape index (κ2) is 6.07. The molecule has 1 heterocycles. The van der Waals surface area contributed by atoms with E-state index in [1.54, 1.807) is 6.07 Å². The molecule has 2 aromatic rings. The zero-order valence-corrected chi connectivity index (χ0v) is 11.8. The van der Waals surface area contributed by atoms with Crippen molar-refractivity contribution in [2.75, 3.05) is 11.6 Å². The highest BCUT2D eigenvalue weighted by molar-refractivity contribution is 7.98. The summed E-state index contributed by atoms with van der Waals surface area (Å²) in [6.45, 7) is 2.81. The summed E-state index contributed by atoms with van der Waals surface area (Å²) in [5.74, 6) is 0.751. The van der Waals surface area contributed by atoms with Gasteiger partial charge in [0.1, 0.15) is 11.0 Å². The van der Waals surface area contributed by atoms with Crippen molar-refractivity contribution in [2.45, 2.75) is 18.6 Å². The number of aryl methyl sites for hydroxylation is 1. The molecule has 5 heteroatoms. The maximum atomic E-state index is 5.93. The van der Waals surface area contributed by atoms with Crippen LogP contribution in [0.25, 0.3) is 0 Å². The Bertz CT molecular complexity index is 546. The van der Waals surface area contributed by atoms with Gasteiger partial charge < -0.3 is 5.32 Å². The molecule has 0 fully saturated rings. The number of anilines is 1. The molecule has 0 saturated heterocycles. The summed E-state index contributed by atoms with van der Waals surface area (Å²) in [5, 5.41) is 4.39. The van der Waals surface area contributed by atoms with Gasteiger partial charge in [0.15, 0.2) is 5.16 Å². The lowest BCUT2D eigenvalue weighted by Gasteiger charge is -2.07. The van der Waals surface area contributed by atoms with E-state index in [-0.39, 0.29) is 0 Å². The first-order valence-electron chi connectivity index (χ1n) is 5.55. The third kappa shape index (κ3) is 3.62. The van der Waals surface area contributed by atoms with Crippen molar-refractivity contribution in [1.29, 1.82) is 0 Å². The Morgan fingerprint density at radius 2 is 2.11 bits per heavy atom. The van der Waals surface area contributed by atoms with Crippen molar-refractivity contribution in [3.05, 3.63) is 46.6 Å². The van der Waals surface area contributed by atoms with E-state index in [4.69, 9.17) is 11.6 Å². The third-order valence-electron chi connectivity index (χ3n) is 2.41. The van der Waals surface area contributed by atoms with Gasteiger partial charge in [-0.15, -0.1) is 0 Å². The number of halogens is 1. The molecule has 0 spiro atoms. The van der Waals surface area contributed by atoms with Gasteiger partial charge in [-0.1, -0.05) is 53.2 Å². The summed E-state index contributed by atoms with van der Waals surface area (Å²) in [6.07, 6.45) is 1.93. The van der Waals surface area contributed by atoms with Gasteiger partial charge in [0.25, 0.3) is 0 Å². The Morgan fingerprint density at radius 3 is 2.83 bits per heavy atom. The SMILES string of the molecule is CSc1nc(Cl)cc(NCc2cccc(C)c2)n1. The summed E-state index contributed by atoms with van der Waals surface area (Å²) in [5.41, 5.74) is 2.47. The number of nitrogens with one attached hydrogen (secondary N) is 1. The highest BCUT2D eigenvalue weighted by Crippen LogP contribution is 2.17. The first kappa shape index (κ1) is 13.2. The molecule has 0 bridgehead atoms. The smallest absolute Gasteiger partial charge is 0.190 e. The van der Waals surface area contributed by atoms with Crippen LogP contribution in [0.2, 0.25) is 5.15 Å². The molecule has 2 rings (SSSR count). The summed E-state index contributed by atoms with van der Waals surface area (Å²) < 4.78 is 0. The van der Waals surface area contributed by atoms with Crippen molar-refractivity contribution < 1.29 is 0 Å². The number of nitrogens with zero attached hydrogens (tertiary/aromatic N) is 2. The van der Waals surface area contributed by atoms with Crippen LogP contribution in [0, 0.1) is 6.92 Å². The van der Waals surface area contributed by atoms with Gasteiger partial charge in [-0.05, 0) is 18.7 Å². The van der Waals surface area contributed by atoms with Crippen LogP contribution < -0.4 is 5.32 Å². The fourth-order valence-corrected chi connectivity index (χ4v) is 2.21. The summed E-state index contributed by atoms with van der Waals surface area (Å²) in [7, 11) is 0. The molecule has 1 aromatic heterocycles. The molecule has 94 valence electrons. The minimum atomic E-state index is 0.459. The zero-order valence-electron chi connectivity index (χ0n) is 10.3. The number of hydrogen-bond acceptors (Lipinski definition) is 4. The lowest BCUT2D eigenvalue weighted by atomic mass is 10.1. The molecule has 0 atom stereocenters. The molecular weight excluding hydrogens is 266 g/mol. The Morgan fingerprint density at radius 1 is 1.28 bits per heavy atom. The largest absolute Gasteiger partial charge is 0.366 e. The van der Waals surface area contributed by atoms with Crippen LogP contribution in [-0.2, 0) is 6.54 Å². The van der Waals surface area contributed by atoms with Crippen LogP contribution in [0.15, 0.2) is 35.5 Å². The van der Waals surface area contributed by atoms with E-state index in [1.807, 2.05) is 12.3 Å². The summed E-state index contributed by atoms with van der Waals surface area (Å²) >= 11 is 7.41. The van der Waals surface area contributed by atoms with Gasteiger partial charge in [0.05, 0.1) is 0 Å². The van der Waals surface area contributed by atoms with Crippen molar-refractivity contribution in [1.82, 2.24) is 9.97 Å². The number of benzene rings is 1. The van der Waals surface area contributed by atoms with E-state index in [0.717, 1.165) is 12.4 Å². The molecule has 0 aliphatic carbocycles. The topological polar surface area (TPSA) is 37.8 Å². The number of aromatic nitrogens is 2. The van der Waals surface area contributed by atoms with Crippen molar-refractivity contribution in [3.8, 4) is 0 Å². The Hall–Kier alpha value is -1.26. The van der Waals surface area contributed by atoms with E-state index < -0.39 is 0 Å². The Balaban J connectivity index is 2.08. The molecule has 1 N–H and O–H groups in total. The van der Waals surface area contributed by atoms with Gasteiger partial charge in [-0.2, -0.15) is 0 Å². The third-order valence-corrected chi connectivity index (χ3v) is 3.15. The minimum absolute atomic E-state index is 0.459. The van der Waals surface area contributed by atoms with Crippen LogP contribution in [0.3, 0.4) is 0 Å². The first-order chi connectivity index (χ1) is 8.67. The molecular formula is C13H14ClN3S. The van der Waals surface area contributed by atoms with E-state index in [1.165, 1.54) is 22.9 Å². The molecule has 3 nitrogen and oxygen atoms in total. The monoisotopic (exact) mass is 279 g/mol. The van der Waals surface area contributed by atoms with E-state index in [0.29, 0.717) is 10.3 Å². The Labute approximate surface area is 116 Å². The second-order valence-corrected chi connectivity index (χ2v) is 5.07. The van der Waals surface area contributed by atoms with Crippen LogP contribution in [-0.4, -0.2) is 16.2 Å². The normalized spacial score (nSPS) is 10.4. The molecule has 0 aliphatic rings. The zero-order chi connectivity index (χ0) is 13.0. The molecule has 18 heavy (non-hydrogen) atoms. The second-order valence-electron chi connectivity index (χ2n) is 3.91. The highest BCUT2D eigenvalue weighted by atomic mass is 35.5. The number of thioether (sulfide) groups is 1. The predicted molar refractivity (Wildman–Crippen MR) is 77.3 cm³/mol. The van der Waals surface area contributed by atoms with E-state index >= 15 is 0 Å². The predicted octanol–water partition coefficient (Wildman–Crippen LogP) is 3.77. The maximum absolute atomic E-state index is 5.93. The van der Waals surface area contributed by atoms with E-state index in [9.17, 15) is 0 Å². The number of hydrogen-bond donors (Lipinski definition) is 1. The minimum Gasteiger partial charge on any atom is -0.366 e. The first-order valence-corrected chi connectivity index (χ1v) is 7.15. The number of rotatable bonds is 4. The van der Waals surface area contributed by atoms with Crippen LogP contribution in [0.1, 0.15) is 11.1 Å². The summed E-state index contributed by atoms with van der Waals surface area (Å²) in [4.78, 5) is 8.44. The lowest BCUT2D eigenvalue weighted by molar-refractivity contribution is 0.956. The molecule has 0 amide bonds. The molecule has 0 saturated carbocycles. The Kier molecular flexibility index (Phi) is 4.44. The quantitative estimate of drug-likeness (QED) is 0.525. The average Bonchev–Trinajstić information content (AvgIpc) is 2.36. The van der Waals surface area contributed by atoms with E-state index in [2.05, 4.69) is 40.4 Å². The standard InChI is InChI=1S/C13H14ClN3S/c1-9-4-3-5-10(6-9)8-15-12-7-11(14)16-13(17-12)18-2/h3-7H,8H2,1-2H3,(H,15,16,17). The van der Waals surface area contributed by atoms with Gasteiger partial charge in [0.2, 0.25) is 0 Å². The highest BCUT2D eigenvalue weighted by Gasteiger charge is 2.02.